The summed E-state index contributed by atoms with van der Waals surface area (Å²) in [6, 6.07) is 0. The molecule has 1 fully saturated rings. The standard InChI is InChI=1S/C16H35N3/c1-5-11-19(13-12-18(3)4)15-16(14-17-6-2)9-7-8-10-16/h17H,5-15H2,1-4H3. The summed E-state index contributed by atoms with van der Waals surface area (Å²) in [6.07, 6.45) is 6.97. The Morgan fingerprint density at radius 3 is 2.21 bits per heavy atom. The van der Waals surface area contributed by atoms with Crippen LogP contribution in [-0.4, -0.2) is 63.2 Å². The van der Waals surface area contributed by atoms with E-state index in [0.717, 1.165) is 6.54 Å². The van der Waals surface area contributed by atoms with Crippen LogP contribution in [0.1, 0.15) is 46.0 Å². The monoisotopic (exact) mass is 269 g/mol. The highest BCUT2D eigenvalue weighted by molar-refractivity contribution is 4.89. The molecule has 0 aromatic heterocycles. The van der Waals surface area contributed by atoms with Crippen LogP contribution < -0.4 is 5.32 Å². The molecule has 0 spiro atoms. The van der Waals surface area contributed by atoms with E-state index in [9.17, 15) is 0 Å². The van der Waals surface area contributed by atoms with Gasteiger partial charge in [-0.1, -0.05) is 26.7 Å². The third-order valence-electron chi connectivity index (χ3n) is 4.38. The zero-order valence-corrected chi connectivity index (χ0v) is 13.7. The van der Waals surface area contributed by atoms with Crippen LogP contribution in [0.2, 0.25) is 0 Å². The molecule has 0 atom stereocenters. The molecule has 0 heterocycles. The van der Waals surface area contributed by atoms with E-state index in [-0.39, 0.29) is 0 Å². The van der Waals surface area contributed by atoms with Crippen molar-refractivity contribution in [1.29, 1.82) is 0 Å². The molecule has 3 nitrogen and oxygen atoms in total. The molecule has 0 amide bonds. The molecule has 0 unspecified atom stereocenters. The van der Waals surface area contributed by atoms with Crippen molar-refractivity contribution in [2.75, 3.05) is 53.4 Å². The van der Waals surface area contributed by atoms with Crippen LogP contribution in [0.25, 0.3) is 0 Å². The Morgan fingerprint density at radius 2 is 1.68 bits per heavy atom. The lowest BCUT2D eigenvalue weighted by Crippen LogP contribution is -2.44. The lowest BCUT2D eigenvalue weighted by atomic mass is 9.85. The Bertz CT molecular complexity index is 222. The van der Waals surface area contributed by atoms with E-state index in [0.29, 0.717) is 5.41 Å². The average molecular weight is 269 g/mol. The minimum Gasteiger partial charge on any atom is -0.316 e. The van der Waals surface area contributed by atoms with Gasteiger partial charge < -0.3 is 15.1 Å². The van der Waals surface area contributed by atoms with E-state index < -0.39 is 0 Å². The first-order chi connectivity index (χ1) is 9.12. The number of nitrogens with one attached hydrogen (secondary N) is 1. The second-order valence-electron chi connectivity index (χ2n) is 6.57. The SMILES string of the molecule is CCCN(CCN(C)C)CC1(CNCC)CCCC1. The van der Waals surface area contributed by atoms with Crippen molar-refractivity contribution in [3.05, 3.63) is 0 Å². The highest BCUT2D eigenvalue weighted by Crippen LogP contribution is 2.38. The molecule has 1 aliphatic carbocycles. The maximum atomic E-state index is 3.61. The smallest absolute Gasteiger partial charge is 0.0109 e. The van der Waals surface area contributed by atoms with Crippen molar-refractivity contribution in [3.8, 4) is 0 Å². The molecule has 3 heteroatoms. The third-order valence-corrected chi connectivity index (χ3v) is 4.38. The Balaban J connectivity index is 2.51. The predicted molar refractivity (Wildman–Crippen MR) is 84.7 cm³/mol. The van der Waals surface area contributed by atoms with Crippen molar-refractivity contribution < 1.29 is 0 Å². The fourth-order valence-electron chi connectivity index (χ4n) is 3.31. The fourth-order valence-corrected chi connectivity index (χ4v) is 3.31. The number of likely N-dealkylation sites (N-methyl/N-ethyl adjacent to an activating group) is 1. The summed E-state index contributed by atoms with van der Waals surface area (Å²) >= 11 is 0. The Morgan fingerprint density at radius 1 is 1.00 bits per heavy atom. The molecule has 0 aromatic carbocycles. The van der Waals surface area contributed by atoms with Gasteiger partial charge in [-0.25, -0.2) is 0 Å². The maximum Gasteiger partial charge on any atom is 0.0109 e. The molecule has 0 bridgehead atoms. The van der Waals surface area contributed by atoms with E-state index in [1.807, 2.05) is 0 Å². The normalized spacial score (nSPS) is 18.6. The molecule has 1 N–H and O–H groups in total. The number of hydrogen-bond acceptors (Lipinski definition) is 3. The third kappa shape index (κ3) is 6.24. The largest absolute Gasteiger partial charge is 0.316 e. The van der Waals surface area contributed by atoms with Gasteiger partial charge in [-0.05, 0) is 51.9 Å². The number of hydrogen-bond donors (Lipinski definition) is 1. The van der Waals surface area contributed by atoms with Gasteiger partial charge in [-0.15, -0.1) is 0 Å². The molecule has 0 aromatic rings. The molecule has 0 aliphatic heterocycles. The molecule has 114 valence electrons. The van der Waals surface area contributed by atoms with E-state index in [4.69, 9.17) is 0 Å². The number of rotatable bonds is 10. The summed E-state index contributed by atoms with van der Waals surface area (Å²) in [5, 5.41) is 3.61. The summed E-state index contributed by atoms with van der Waals surface area (Å²) in [4.78, 5) is 5.00. The summed E-state index contributed by atoms with van der Waals surface area (Å²) in [7, 11) is 4.35. The molecule has 19 heavy (non-hydrogen) atoms. The van der Waals surface area contributed by atoms with Crippen LogP contribution in [0.4, 0.5) is 0 Å². The Labute approximate surface area is 120 Å². The number of nitrogens with zero attached hydrogens (tertiary/aromatic N) is 2. The Kier molecular flexibility index (Phi) is 7.96. The molecular weight excluding hydrogens is 234 g/mol. The van der Waals surface area contributed by atoms with Crippen LogP contribution in [-0.2, 0) is 0 Å². The lowest BCUT2D eigenvalue weighted by Gasteiger charge is -2.36. The summed E-state index contributed by atoms with van der Waals surface area (Å²) in [5.74, 6) is 0. The van der Waals surface area contributed by atoms with Gasteiger partial charge in [-0.3, -0.25) is 0 Å². The lowest BCUT2D eigenvalue weighted by molar-refractivity contribution is 0.140. The van der Waals surface area contributed by atoms with Crippen LogP contribution >= 0.6 is 0 Å². The summed E-state index contributed by atoms with van der Waals surface area (Å²) in [6.45, 7) is 11.8. The highest BCUT2D eigenvalue weighted by Gasteiger charge is 2.34. The van der Waals surface area contributed by atoms with Crippen molar-refractivity contribution in [3.63, 3.8) is 0 Å². The topological polar surface area (TPSA) is 18.5 Å². The zero-order chi connectivity index (χ0) is 14.1. The molecule has 1 rings (SSSR count). The molecule has 1 saturated carbocycles. The maximum absolute atomic E-state index is 3.61. The van der Waals surface area contributed by atoms with Crippen LogP contribution in [0.5, 0.6) is 0 Å². The average Bonchev–Trinajstić information content (AvgIpc) is 2.83. The second-order valence-corrected chi connectivity index (χ2v) is 6.57. The fraction of sp³-hybridized carbons (Fsp3) is 1.00. The zero-order valence-electron chi connectivity index (χ0n) is 13.7. The van der Waals surface area contributed by atoms with Crippen LogP contribution in [0, 0.1) is 5.41 Å². The van der Waals surface area contributed by atoms with Gasteiger partial charge >= 0.3 is 0 Å². The van der Waals surface area contributed by atoms with Gasteiger partial charge in [-0.2, -0.15) is 0 Å². The highest BCUT2D eigenvalue weighted by atomic mass is 15.2. The van der Waals surface area contributed by atoms with Gasteiger partial charge in [0.05, 0.1) is 0 Å². The first-order valence-corrected chi connectivity index (χ1v) is 8.19. The predicted octanol–water partition coefficient (Wildman–Crippen LogP) is 2.43. The Hall–Kier alpha value is -0.120. The summed E-state index contributed by atoms with van der Waals surface area (Å²) in [5.41, 5.74) is 0.553. The minimum atomic E-state index is 0.553. The van der Waals surface area contributed by atoms with Crippen molar-refractivity contribution in [2.24, 2.45) is 5.41 Å². The van der Waals surface area contributed by atoms with E-state index in [2.05, 4.69) is 43.1 Å². The second kappa shape index (κ2) is 8.93. The minimum absolute atomic E-state index is 0.553. The molecule has 0 saturated heterocycles. The molecular formula is C16H35N3. The van der Waals surface area contributed by atoms with Crippen LogP contribution in [0.15, 0.2) is 0 Å². The quantitative estimate of drug-likeness (QED) is 0.657. The van der Waals surface area contributed by atoms with E-state index >= 15 is 0 Å². The van der Waals surface area contributed by atoms with Crippen LogP contribution in [0.3, 0.4) is 0 Å². The van der Waals surface area contributed by atoms with Crippen molar-refractivity contribution >= 4 is 0 Å². The van der Waals surface area contributed by atoms with Gasteiger partial charge in [0, 0.05) is 26.2 Å². The van der Waals surface area contributed by atoms with Crippen molar-refractivity contribution in [1.82, 2.24) is 15.1 Å². The van der Waals surface area contributed by atoms with Gasteiger partial charge in [0.2, 0.25) is 0 Å². The first-order valence-electron chi connectivity index (χ1n) is 8.19. The van der Waals surface area contributed by atoms with Gasteiger partial charge in [0.15, 0.2) is 0 Å². The van der Waals surface area contributed by atoms with E-state index in [1.54, 1.807) is 0 Å². The first kappa shape index (κ1) is 16.9. The van der Waals surface area contributed by atoms with Crippen molar-refractivity contribution in [2.45, 2.75) is 46.0 Å². The summed E-state index contributed by atoms with van der Waals surface area (Å²) < 4.78 is 0. The van der Waals surface area contributed by atoms with E-state index in [1.165, 1.54) is 64.8 Å². The molecule has 0 radical (unpaired) electrons. The van der Waals surface area contributed by atoms with Gasteiger partial charge in [0.1, 0.15) is 0 Å². The molecule has 1 aliphatic rings. The van der Waals surface area contributed by atoms with Gasteiger partial charge in [0.25, 0.3) is 0 Å².